The summed E-state index contributed by atoms with van der Waals surface area (Å²) in [4.78, 5) is 0.853. The van der Waals surface area contributed by atoms with Crippen molar-refractivity contribution >= 4 is 31.8 Å². The molecule has 1 aliphatic rings. The normalized spacial score (nSPS) is 17.0. The van der Waals surface area contributed by atoms with E-state index >= 15 is 0 Å². The smallest absolute Gasteiger partial charge is 0.204 e. The number of nitrogens with one attached hydrogen (secondary N) is 1. The Balaban J connectivity index is 2.44. The summed E-state index contributed by atoms with van der Waals surface area (Å²) in [5.41, 5.74) is 0.766. The van der Waals surface area contributed by atoms with Gasteiger partial charge < -0.3 is 5.32 Å². The zero-order valence-corrected chi connectivity index (χ0v) is 11.2. The van der Waals surface area contributed by atoms with E-state index in [1.807, 2.05) is 13.0 Å². The van der Waals surface area contributed by atoms with Crippen LogP contribution in [0.2, 0.25) is 0 Å². The molecule has 16 heavy (non-hydrogen) atoms. The van der Waals surface area contributed by atoms with Gasteiger partial charge in [-0.15, -0.1) is 0 Å². The Bertz CT molecular complexity index is 549. The summed E-state index contributed by atoms with van der Waals surface area (Å²) in [6, 6.07) is 5.22. The minimum absolute atomic E-state index is 0.394. The van der Waals surface area contributed by atoms with E-state index in [9.17, 15) is 8.42 Å². The van der Waals surface area contributed by atoms with Gasteiger partial charge >= 0.3 is 0 Å². The van der Waals surface area contributed by atoms with Gasteiger partial charge in [-0.05, 0) is 36.4 Å². The molecule has 1 heterocycles. The zero-order valence-electron chi connectivity index (χ0n) is 8.83. The maximum atomic E-state index is 12.1. The standard InChI is InChI=1S/C11H12BrNO2S/c1-2-13-7-10-6-8-5-9(12)3-4-11(8)16(10,14)15/h3-6,13H,2,7H2,1H3. The molecule has 0 saturated heterocycles. The summed E-state index contributed by atoms with van der Waals surface area (Å²) >= 11 is 3.34. The molecule has 3 nitrogen and oxygen atoms in total. The van der Waals surface area contributed by atoms with Crippen molar-refractivity contribution in [2.45, 2.75) is 11.8 Å². The highest BCUT2D eigenvalue weighted by atomic mass is 79.9. The molecule has 0 aliphatic carbocycles. The number of sulfone groups is 1. The van der Waals surface area contributed by atoms with Crippen molar-refractivity contribution in [2.24, 2.45) is 0 Å². The van der Waals surface area contributed by atoms with Gasteiger partial charge in [0.05, 0.1) is 9.80 Å². The average Bonchev–Trinajstić information content (AvgIpc) is 2.47. The lowest BCUT2D eigenvalue weighted by Gasteiger charge is -2.03. The topological polar surface area (TPSA) is 46.2 Å². The Labute approximate surface area is 104 Å². The summed E-state index contributed by atoms with van der Waals surface area (Å²) in [5, 5.41) is 3.04. The van der Waals surface area contributed by atoms with Crippen LogP contribution in [0.5, 0.6) is 0 Å². The van der Waals surface area contributed by atoms with Crippen molar-refractivity contribution in [1.29, 1.82) is 0 Å². The molecule has 0 unspecified atom stereocenters. The van der Waals surface area contributed by atoms with Crippen LogP contribution >= 0.6 is 15.9 Å². The predicted octanol–water partition coefficient (Wildman–Crippen LogP) is 2.19. The van der Waals surface area contributed by atoms with E-state index in [1.165, 1.54) is 0 Å². The minimum Gasteiger partial charge on any atom is -0.312 e. The van der Waals surface area contributed by atoms with Gasteiger partial charge in [-0.25, -0.2) is 8.42 Å². The van der Waals surface area contributed by atoms with Crippen LogP contribution in [0.1, 0.15) is 12.5 Å². The first-order chi connectivity index (χ1) is 7.55. The second-order valence-electron chi connectivity index (χ2n) is 3.58. The molecule has 1 N–H and O–H groups in total. The van der Waals surface area contributed by atoms with Crippen LogP contribution in [-0.2, 0) is 9.84 Å². The number of fused-ring (bicyclic) bond motifs is 1. The van der Waals surface area contributed by atoms with Crippen LogP contribution in [0.15, 0.2) is 32.5 Å². The second kappa shape index (κ2) is 4.31. The van der Waals surface area contributed by atoms with Gasteiger partial charge in [-0.3, -0.25) is 0 Å². The number of halogens is 1. The molecular formula is C11H12BrNO2S. The molecule has 0 spiro atoms. The van der Waals surface area contributed by atoms with Gasteiger partial charge in [0.15, 0.2) is 0 Å². The van der Waals surface area contributed by atoms with Gasteiger partial charge in [-0.1, -0.05) is 22.9 Å². The lowest BCUT2D eigenvalue weighted by Crippen LogP contribution is -2.19. The highest BCUT2D eigenvalue weighted by Gasteiger charge is 2.28. The summed E-state index contributed by atoms with van der Waals surface area (Å²) in [6.07, 6.45) is 1.73. The van der Waals surface area contributed by atoms with E-state index in [0.717, 1.165) is 16.6 Å². The Morgan fingerprint density at radius 2 is 2.12 bits per heavy atom. The summed E-state index contributed by atoms with van der Waals surface area (Å²) in [5.74, 6) is 0. The number of hydrogen-bond acceptors (Lipinski definition) is 3. The van der Waals surface area contributed by atoms with Crippen molar-refractivity contribution in [2.75, 3.05) is 13.1 Å². The Morgan fingerprint density at radius 3 is 2.81 bits per heavy atom. The molecule has 0 atom stereocenters. The molecule has 1 aromatic carbocycles. The molecule has 0 amide bonds. The largest absolute Gasteiger partial charge is 0.312 e. The quantitative estimate of drug-likeness (QED) is 0.931. The number of likely N-dealkylation sites (N-methyl/N-ethyl adjacent to an activating group) is 1. The van der Waals surface area contributed by atoms with Crippen LogP contribution in [-0.4, -0.2) is 21.5 Å². The molecule has 1 aliphatic heterocycles. The summed E-state index contributed by atoms with van der Waals surface area (Å²) < 4.78 is 25.0. The SMILES string of the molecule is CCNCC1=Cc2cc(Br)ccc2S1(=O)=O. The Kier molecular flexibility index (Phi) is 3.19. The van der Waals surface area contributed by atoms with Gasteiger partial charge in [-0.2, -0.15) is 0 Å². The first kappa shape index (κ1) is 11.8. The molecule has 0 fully saturated rings. The zero-order chi connectivity index (χ0) is 11.8. The first-order valence-electron chi connectivity index (χ1n) is 5.01. The molecular weight excluding hydrogens is 290 g/mol. The van der Waals surface area contributed by atoms with Gasteiger partial charge in [0.2, 0.25) is 9.84 Å². The first-order valence-corrected chi connectivity index (χ1v) is 7.29. The van der Waals surface area contributed by atoms with Crippen molar-refractivity contribution < 1.29 is 8.42 Å². The van der Waals surface area contributed by atoms with Gasteiger partial charge in [0.1, 0.15) is 0 Å². The lowest BCUT2D eigenvalue weighted by molar-refractivity contribution is 0.601. The van der Waals surface area contributed by atoms with E-state index in [-0.39, 0.29) is 0 Å². The van der Waals surface area contributed by atoms with E-state index in [4.69, 9.17) is 0 Å². The van der Waals surface area contributed by atoms with E-state index in [2.05, 4.69) is 21.2 Å². The molecule has 0 aromatic heterocycles. The third-order valence-corrected chi connectivity index (χ3v) is 4.87. The van der Waals surface area contributed by atoms with Crippen molar-refractivity contribution in [1.82, 2.24) is 5.32 Å². The molecule has 1 aromatic rings. The number of rotatable bonds is 3. The molecule has 2 rings (SSSR count). The number of benzene rings is 1. The van der Waals surface area contributed by atoms with Gasteiger partial charge in [0, 0.05) is 11.0 Å². The third-order valence-electron chi connectivity index (χ3n) is 2.47. The summed E-state index contributed by atoms with van der Waals surface area (Å²) in [6.45, 7) is 3.10. The number of hydrogen-bond donors (Lipinski definition) is 1. The fourth-order valence-electron chi connectivity index (χ4n) is 1.66. The minimum atomic E-state index is -3.26. The van der Waals surface area contributed by atoms with Crippen molar-refractivity contribution in [3.8, 4) is 0 Å². The summed E-state index contributed by atoms with van der Waals surface area (Å²) in [7, 11) is -3.26. The predicted molar refractivity (Wildman–Crippen MR) is 67.8 cm³/mol. The van der Waals surface area contributed by atoms with E-state index < -0.39 is 9.84 Å². The Morgan fingerprint density at radius 1 is 1.38 bits per heavy atom. The molecule has 0 bridgehead atoms. The highest BCUT2D eigenvalue weighted by Crippen LogP contribution is 2.33. The van der Waals surface area contributed by atoms with Gasteiger partial charge in [0.25, 0.3) is 0 Å². The van der Waals surface area contributed by atoms with Crippen LogP contribution in [0, 0.1) is 0 Å². The maximum Gasteiger partial charge on any atom is 0.204 e. The van der Waals surface area contributed by atoms with E-state index in [1.54, 1.807) is 18.2 Å². The fraction of sp³-hybridized carbons (Fsp3) is 0.273. The molecule has 5 heteroatoms. The fourth-order valence-corrected chi connectivity index (χ4v) is 3.57. The van der Waals surface area contributed by atoms with Crippen molar-refractivity contribution in [3.63, 3.8) is 0 Å². The molecule has 0 saturated carbocycles. The second-order valence-corrected chi connectivity index (χ2v) is 6.46. The average molecular weight is 302 g/mol. The van der Waals surface area contributed by atoms with Crippen LogP contribution in [0.4, 0.5) is 0 Å². The maximum absolute atomic E-state index is 12.1. The highest BCUT2D eigenvalue weighted by molar-refractivity contribution is 9.10. The molecule has 86 valence electrons. The van der Waals surface area contributed by atoms with Crippen LogP contribution in [0.3, 0.4) is 0 Å². The van der Waals surface area contributed by atoms with Crippen LogP contribution < -0.4 is 5.32 Å². The van der Waals surface area contributed by atoms with Crippen molar-refractivity contribution in [3.05, 3.63) is 33.1 Å². The van der Waals surface area contributed by atoms with E-state index in [0.29, 0.717) is 16.3 Å². The van der Waals surface area contributed by atoms with Crippen LogP contribution in [0.25, 0.3) is 6.08 Å². The molecule has 0 radical (unpaired) electrons. The monoisotopic (exact) mass is 301 g/mol. The third kappa shape index (κ3) is 1.95. The Hall–Kier alpha value is -0.650. The lowest BCUT2D eigenvalue weighted by atomic mass is 10.2.